The van der Waals surface area contributed by atoms with E-state index in [9.17, 15) is 0 Å². The Kier molecular flexibility index (Phi) is 15.4. The molecule has 0 bridgehead atoms. The van der Waals surface area contributed by atoms with Crippen molar-refractivity contribution in [3.05, 3.63) is 223 Å². The van der Waals surface area contributed by atoms with E-state index in [0.29, 0.717) is 13.2 Å². The molecular formula is C58H64O5SSi2. The van der Waals surface area contributed by atoms with E-state index < -0.39 is 46.5 Å². The van der Waals surface area contributed by atoms with Crippen LogP contribution in [0.3, 0.4) is 0 Å². The number of benzene rings is 7. The normalized spacial score (nSPS) is 19.3. The van der Waals surface area contributed by atoms with Gasteiger partial charge in [-0.25, -0.2) is 0 Å². The first-order valence-electron chi connectivity index (χ1n) is 23.2. The minimum absolute atomic E-state index is 0.273. The van der Waals surface area contributed by atoms with Crippen molar-refractivity contribution in [1.82, 2.24) is 0 Å². The van der Waals surface area contributed by atoms with Crippen molar-refractivity contribution in [2.24, 2.45) is 0 Å². The summed E-state index contributed by atoms with van der Waals surface area (Å²) in [5.41, 5.74) is 1.67. The largest absolute Gasteiger partial charge is 0.399 e. The highest BCUT2D eigenvalue weighted by Gasteiger charge is 2.60. The molecule has 0 amide bonds. The monoisotopic (exact) mass is 928 g/mol. The van der Waals surface area contributed by atoms with Crippen molar-refractivity contribution < 1.29 is 23.1 Å². The van der Waals surface area contributed by atoms with E-state index in [2.05, 4.69) is 242 Å². The second kappa shape index (κ2) is 21.4. The quantitative estimate of drug-likeness (QED) is 0.0848. The third kappa shape index (κ3) is 10.5. The van der Waals surface area contributed by atoms with E-state index in [4.69, 9.17) is 23.1 Å². The maximum atomic E-state index is 8.48. The van der Waals surface area contributed by atoms with Crippen molar-refractivity contribution in [2.45, 2.75) is 99.6 Å². The molecule has 1 saturated heterocycles. The molecule has 340 valence electrons. The third-order valence-electron chi connectivity index (χ3n) is 12.7. The van der Waals surface area contributed by atoms with Gasteiger partial charge in [0.25, 0.3) is 16.6 Å². The predicted octanol–water partition coefficient (Wildman–Crippen LogP) is 11.2. The minimum Gasteiger partial charge on any atom is -0.399 e. The van der Waals surface area contributed by atoms with Gasteiger partial charge in [-0.3, -0.25) is 0 Å². The van der Waals surface area contributed by atoms with Crippen molar-refractivity contribution in [3.63, 3.8) is 0 Å². The van der Waals surface area contributed by atoms with Gasteiger partial charge in [0.05, 0.1) is 19.8 Å². The molecule has 0 aromatic heterocycles. The van der Waals surface area contributed by atoms with Gasteiger partial charge in [0.2, 0.25) is 0 Å². The first kappa shape index (κ1) is 47.6. The molecule has 0 radical (unpaired) electrons. The molecule has 7 aromatic rings. The Morgan fingerprint density at radius 2 is 0.773 bits per heavy atom. The van der Waals surface area contributed by atoms with E-state index in [1.807, 2.05) is 12.1 Å². The molecule has 66 heavy (non-hydrogen) atoms. The maximum absolute atomic E-state index is 8.48. The van der Waals surface area contributed by atoms with Gasteiger partial charge in [0.15, 0.2) is 0 Å². The summed E-state index contributed by atoms with van der Waals surface area (Å²) >= 11 is 1.68. The summed E-state index contributed by atoms with van der Waals surface area (Å²) in [7, 11) is -6.57. The average Bonchev–Trinajstić information content (AvgIpc) is 3.34. The van der Waals surface area contributed by atoms with E-state index in [1.165, 1.54) is 20.7 Å². The highest BCUT2D eigenvalue weighted by atomic mass is 32.2. The van der Waals surface area contributed by atoms with Crippen LogP contribution < -0.4 is 20.7 Å². The molecule has 0 saturated carbocycles. The SMILES string of the molecule is CC(C)(C)[Si](OC1C(OCc2ccccc2)[C@H](Sc2ccccc2)OC(COCc2ccccc2)[C@H]1O[Si](c1ccccc1)(c1ccccc1)C(C)(C)C)(c1ccccc1)c1ccccc1. The molecule has 5 nitrogen and oxygen atoms in total. The molecule has 0 spiro atoms. The lowest BCUT2D eigenvalue weighted by atomic mass is 10.00. The summed E-state index contributed by atoms with van der Waals surface area (Å²) < 4.78 is 38.6. The molecule has 3 unspecified atom stereocenters. The number of hydrogen-bond donors (Lipinski definition) is 0. The van der Waals surface area contributed by atoms with Gasteiger partial charge in [-0.1, -0.05) is 253 Å². The summed E-state index contributed by atoms with van der Waals surface area (Å²) in [6, 6.07) is 74.9. The fourth-order valence-electron chi connectivity index (χ4n) is 9.62. The summed E-state index contributed by atoms with van der Waals surface area (Å²) in [6.45, 7) is 15.1. The second-order valence-corrected chi connectivity index (χ2v) is 28.9. The van der Waals surface area contributed by atoms with Gasteiger partial charge >= 0.3 is 0 Å². The van der Waals surface area contributed by atoms with Crippen LogP contribution in [0.15, 0.2) is 217 Å². The molecular weight excluding hydrogens is 865 g/mol. The molecule has 1 fully saturated rings. The zero-order valence-electron chi connectivity index (χ0n) is 39.2. The van der Waals surface area contributed by atoms with Gasteiger partial charge in [-0.15, -0.1) is 0 Å². The molecule has 5 atom stereocenters. The Morgan fingerprint density at radius 3 is 1.17 bits per heavy atom. The molecule has 1 aliphatic rings. The Labute approximate surface area is 399 Å². The number of hydrogen-bond acceptors (Lipinski definition) is 6. The molecule has 0 aliphatic carbocycles. The van der Waals surface area contributed by atoms with Gasteiger partial charge in [-0.2, -0.15) is 0 Å². The first-order valence-corrected chi connectivity index (χ1v) is 27.9. The van der Waals surface area contributed by atoms with Crippen LogP contribution in [0.25, 0.3) is 0 Å². The minimum atomic E-state index is -3.29. The zero-order chi connectivity index (χ0) is 46.0. The number of ether oxygens (including phenoxy) is 3. The van der Waals surface area contributed by atoms with Crippen LogP contribution >= 0.6 is 11.8 Å². The lowest BCUT2D eigenvalue weighted by Crippen LogP contribution is -2.75. The summed E-state index contributed by atoms with van der Waals surface area (Å²) in [4.78, 5) is 1.08. The zero-order valence-corrected chi connectivity index (χ0v) is 42.0. The number of rotatable bonds is 17. The number of thioether (sulfide) groups is 1. The van der Waals surface area contributed by atoms with Crippen LogP contribution in [-0.4, -0.2) is 53.1 Å². The highest BCUT2D eigenvalue weighted by molar-refractivity contribution is 7.99. The fourth-order valence-corrected chi connectivity index (χ4v) is 20.2. The van der Waals surface area contributed by atoms with Crippen LogP contribution in [-0.2, 0) is 36.3 Å². The van der Waals surface area contributed by atoms with Crippen LogP contribution in [0.4, 0.5) is 0 Å². The van der Waals surface area contributed by atoms with E-state index in [1.54, 1.807) is 11.8 Å². The van der Waals surface area contributed by atoms with Gasteiger partial charge in [0.1, 0.15) is 29.9 Å². The van der Waals surface area contributed by atoms with Crippen molar-refractivity contribution in [1.29, 1.82) is 0 Å². The Bertz CT molecular complexity index is 2430. The lowest BCUT2D eigenvalue weighted by molar-refractivity contribution is -0.216. The molecule has 8 heteroatoms. The molecule has 1 aliphatic heterocycles. The molecule has 1 heterocycles. The third-order valence-corrected chi connectivity index (χ3v) is 23.9. The van der Waals surface area contributed by atoms with E-state index in [0.717, 1.165) is 16.0 Å². The lowest BCUT2D eigenvalue weighted by Gasteiger charge is -2.55. The van der Waals surface area contributed by atoms with Gasteiger partial charge in [0, 0.05) is 4.90 Å². The molecule has 0 N–H and O–H groups in total. The Hall–Kier alpha value is -4.88. The standard InChI is InChI=1S/C58H64O5SSi2/c1-57(2,3)65(48-34-20-10-21-35-48,49-36-22-11-23-37-49)62-53-52(44-59-42-45-28-14-7-15-29-45)61-56(64-47-32-18-9-19-33-47)55(60-43-46-30-16-8-17-31-46)54(53)63-66(58(4,5)6,50-38-24-12-25-39-50)51-40-26-13-27-41-51/h7-41,52-56H,42-44H2,1-6H3/t52?,53-,54?,55?,56+/m1/s1. The summed E-state index contributed by atoms with van der Waals surface area (Å²) in [6.07, 6.45) is -2.44. The molecule has 8 rings (SSSR count). The second-order valence-electron chi connectivity index (χ2n) is 19.2. The van der Waals surface area contributed by atoms with Gasteiger partial charge < -0.3 is 23.1 Å². The Morgan fingerprint density at radius 1 is 0.424 bits per heavy atom. The predicted molar refractivity (Wildman–Crippen MR) is 277 cm³/mol. The Balaban J connectivity index is 1.39. The summed E-state index contributed by atoms with van der Waals surface area (Å²) in [5, 5.41) is 4.04. The van der Waals surface area contributed by atoms with Crippen LogP contribution in [0.5, 0.6) is 0 Å². The van der Waals surface area contributed by atoms with Crippen molar-refractivity contribution >= 4 is 49.1 Å². The van der Waals surface area contributed by atoms with Crippen molar-refractivity contribution in [2.75, 3.05) is 6.61 Å². The maximum Gasteiger partial charge on any atom is 0.261 e. The average molecular weight is 929 g/mol. The fraction of sp³-hybridized carbons (Fsp3) is 0.276. The van der Waals surface area contributed by atoms with Crippen LogP contribution in [0.2, 0.25) is 10.1 Å². The highest BCUT2D eigenvalue weighted by Crippen LogP contribution is 2.46. The molecule has 7 aromatic carbocycles. The van der Waals surface area contributed by atoms with Crippen LogP contribution in [0, 0.1) is 0 Å². The van der Waals surface area contributed by atoms with Gasteiger partial charge in [-0.05, 0) is 54.1 Å². The topological polar surface area (TPSA) is 46.2 Å². The summed E-state index contributed by atoms with van der Waals surface area (Å²) in [5.74, 6) is 0. The first-order chi connectivity index (χ1) is 32.0. The van der Waals surface area contributed by atoms with Crippen LogP contribution in [0.1, 0.15) is 52.7 Å². The van der Waals surface area contributed by atoms with E-state index in [-0.39, 0.29) is 16.7 Å². The smallest absolute Gasteiger partial charge is 0.261 e. The van der Waals surface area contributed by atoms with E-state index >= 15 is 0 Å². The van der Waals surface area contributed by atoms with Crippen molar-refractivity contribution in [3.8, 4) is 0 Å².